The number of amides is 1. The van der Waals surface area contributed by atoms with Gasteiger partial charge < -0.3 is 19.5 Å². The maximum absolute atomic E-state index is 12.1. The number of hydrogen-bond donors (Lipinski definition) is 2. The van der Waals surface area contributed by atoms with Crippen molar-refractivity contribution in [1.29, 1.82) is 0 Å². The first kappa shape index (κ1) is 22.2. The second-order valence-corrected chi connectivity index (χ2v) is 6.53. The summed E-state index contributed by atoms with van der Waals surface area (Å²) in [5, 5.41) is 5.80. The first-order chi connectivity index (χ1) is 14.0. The van der Waals surface area contributed by atoms with E-state index in [1.165, 1.54) is 6.08 Å². The Morgan fingerprint density at radius 1 is 1.07 bits per heavy atom. The fraction of sp³-hybridized carbons (Fsp3) is 0.273. The molecule has 0 unspecified atom stereocenters. The van der Waals surface area contributed by atoms with Crippen LogP contribution in [-0.4, -0.2) is 31.8 Å². The van der Waals surface area contributed by atoms with Crippen LogP contribution in [0.1, 0.15) is 25.3 Å². The van der Waals surface area contributed by atoms with E-state index in [4.69, 9.17) is 26.4 Å². The maximum Gasteiger partial charge on any atom is 0.250 e. The lowest BCUT2D eigenvalue weighted by Crippen LogP contribution is -2.32. The summed E-state index contributed by atoms with van der Waals surface area (Å²) in [5.74, 6) is 1.68. The molecule has 29 heavy (non-hydrogen) atoms. The van der Waals surface area contributed by atoms with Gasteiger partial charge in [-0.2, -0.15) is 0 Å². The number of unbranched alkanes of at least 4 members (excludes halogenated alkanes) is 1. The Balaban J connectivity index is 1.85. The van der Waals surface area contributed by atoms with Crippen molar-refractivity contribution in [3.8, 4) is 17.2 Å². The number of thiocarbonyl (C=S) groups is 1. The summed E-state index contributed by atoms with van der Waals surface area (Å²) in [6.45, 7) is 2.82. The van der Waals surface area contributed by atoms with E-state index in [1.54, 1.807) is 32.4 Å². The highest BCUT2D eigenvalue weighted by Gasteiger charge is 2.05. The van der Waals surface area contributed by atoms with Gasteiger partial charge in [0.25, 0.3) is 0 Å². The van der Waals surface area contributed by atoms with E-state index in [-0.39, 0.29) is 11.0 Å². The van der Waals surface area contributed by atoms with E-state index in [0.29, 0.717) is 18.1 Å². The fourth-order valence-electron chi connectivity index (χ4n) is 2.41. The smallest absolute Gasteiger partial charge is 0.250 e. The first-order valence-electron chi connectivity index (χ1n) is 9.30. The quantitative estimate of drug-likeness (QED) is 0.360. The van der Waals surface area contributed by atoms with Crippen LogP contribution in [0.3, 0.4) is 0 Å². The zero-order chi connectivity index (χ0) is 21.1. The summed E-state index contributed by atoms with van der Waals surface area (Å²) in [6, 6.07) is 12.8. The number of ether oxygens (including phenoxy) is 3. The molecule has 0 saturated carbocycles. The lowest BCUT2D eigenvalue weighted by molar-refractivity contribution is -0.115. The molecule has 0 fully saturated rings. The Labute approximate surface area is 176 Å². The molecular weight excluding hydrogens is 388 g/mol. The zero-order valence-electron chi connectivity index (χ0n) is 16.9. The van der Waals surface area contributed by atoms with Crippen LogP contribution >= 0.6 is 12.2 Å². The third kappa shape index (κ3) is 7.46. The van der Waals surface area contributed by atoms with Crippen LogP contribution in [0.15, 0.2) is 48.5 Å². The van der Waals surface area contributed by atoms with Crippen molar-refractivity contribution in [3.05, 3.63) is 54.1 Å². The number of nitrogens with one attached hydrogen (secondary N) is 2. The first-order valence-corrected chi connectivity index (χ1v) is 9.71. The van der Waals surface area contributed by atoms with Crippen LogP contribution in [0.5, 0.6) is 17.2 Å². The third-order valence-electron chi connectivity index (χ3n) is 3.95. The number of anilines is 1. The monoisotopic (exact) mass is 414 g/mol. The number of carbonyl (C=O) groups excluding carboxylic acids is 1. The molecule has 0 heterocycles. The predicted octanol–water partition coefficient (Wildman–Crippen LogP) is 4.41. The van der Waals surface area contributed by atoms with Gasteiger partial charge in [0.05, 0.1) is 20.8 Å². The molecule has 0 spiro atoms. The molecule has 154 valence electrons. The lowest BCUT2D eigenvalue weighted by atomic mass is 10.2. The van der Waals surface area contributed by atoms with Gasteiger partial charge in [-0.15, -0.1) is 0 Å². The SMILES string of the molecule is CCCCOc1ccc(NC(=S)NC(=O)/C=C/c2ccc(OC)c(OC)c2)cc1. The van der Waals surface area contributed by atoms with E-state index in [1.807, 2.05) is 30.3 Å². The number of methoxy groups -OCH3 is 2. The molecule has 2 N–H and O–H groups in total. The van der Waals surface area contributed by atoms with Gasteiger partial charge in [0.2, 0.25) is 5.91 Å². The molecule has 0 radical (unpaired) electrons. The number of benzene rings is 2. The number of carbonyl (C=O) groups is 1. The highest BCUT2D eigenvalue weighted by atomic mass is 32.1. The standard InChI is InChI=1S/C22H26N2O4S/c1-4-5-14-28-18-10-8-17(9-11-18)23-22(29)24-21(25)13-7-16-6-12-19(26-2)20(15-16)27-3/h6-13,15H,4-5,14H2,1-3H3,(H2,23,24,25,29)/b13-7+. The molecule has 7 heteroatoms. The van der Waals surface area contributed by atoms with Gasteiger partial charge in [-0.25, -0.2) is 0 Å². The van der Waals surface area contributed by atoms with Gasteiger partial charge >= 0.3 is 0 Å². The van der Waals surface area contributed by atoms with Crippen molar-refractivity contribution in [1.82, 2.24) is 5.32 Å². The highest BCUT2D eigenvalue weighted by Crippen LogP contribution is 2.27. The summed E-state index contributed by atoms with van der Waals surface area (Å²) in [4.78, 5) is 12.1. The Morgan fingerprint density at radius 2 is 1.79 bits per heavy atom. The average molecular weight is 415 g/mol. The third-order valence-corrected chi connectivity index (χ3v) is 4.15. The molecule has 0 aromatic heterocycles. The highest BCUT2D eigenvalue weighted by molar-refractivity contribution is 7.80. The normalized spacial score (nSPS) is 10.4. The molecule has 0 aliphatic rings. The Morgan fingerprint density at radius 3 is 2.45 bits per heavy atom. The summed E-state index contributed by atoms with van der Waals surface area (Å²) < 4.78 is 16.1. The molecule has 0 saturated heterocycles. The minimum absolute atomic E-state index is 0.214. The minimum atomic E-state index is -0.336. The molecule has 0 aliphatic carbocycles. The van der Waals surface area contributed by atoms with Crippen LogP contribution in [0.25, 0.3) is 6.08 Å². The Kier molecular flexibility index (Phi) is 8.98. The van der Waals surface area contributed by atoms with Gasteiger partial charge in [-0.05, 0) is 66.7 Å². The summed E-state index contributed by atoms with van der Waals surface area (Å²) >= 11 is 5.19. The van der Waals surface area contributed by atoms with E-state index in [0.717, 1.165) is 29.8 Å². The van der Waals surface area contributed by atoms with E-state index in [9.17, 15) is 4.79 Å². The van der Waals surface area contributed by atoms with Gasteiger partial charge in [-0.3, -0.25) is 10.1 Å². The molecule has 0 atom stereocenters. The van der Waals surface area contributed by atoms with Crippen LogP contribution in [0.4, 0.5) is 5.69 Å². The summed E-state index contributed by atoms with van der Waals surface area (Å²) in [6.07, 6.45) is 5.18. The minimum Gasteiger partial charge on any atom is -0.494 e. The zero-order valence-corrected chi connectivity index (χ0v) is 17.7. The largest absolute Gasteiger partial charge is 0.494 e. The molecule has 2 aromatic carbocycles. The van der Waals surface area contributed by atoms with Crippen LogP contribution in [0.2, 0.25) is 0 Å². The van der Waals surface area contributed by atoms with Crippen LogP contribution < -0.4 is 24.8 Å². The summed E-state index contributed by atoms with van der Waals surface area (Å²) in [5.41, 5.74) is 1.57. The maximum atomic E-state index is 12.1. The molecule has 6 nitrogen and oxygen atoms in total. The summed E-state index contributed by atoms with van der Waals surface area (Å²) in [7, 11) is 3.13. The van der Waals surface area contributed by atoms with Crippen LogP contribution in [-0.2, 0) is 4.79 Å². The average Bonchev–Trinajstić information content (AvgIpc) is 2.73. The van der Waals surface area contributed by atoms with Crippen molar-refractivity contribution in [2.45, 2.75) is 19.8 Å². The van der Waals surface area contributed by atoms with Gasteiger partial charge in [0.15, 0.2) is 16.6 Å². The molecule has 1 amide bonds. The van der Waals surface area contributed by atoms with Gasteiger partial charge in [0, 0.05) is 11.8 Å². The Hall–Kier alpha value is -3.06. The van der Waals surface area contributed by atoms with Crippen molar-refractivity contribution in [2.24, 2.45) is 0 Å². The van der Waals surface area contributed by atoms with E-state index >= 15 is 0 Å². The van der Waals surface area contributed by atoms with Crippen molar-refractivity contribution < 1.29 is 19.0 Å². The second kappa shape index (κ2) is 11.7. The van der Waals surface area contributed by atoms with Crippen molar-refractivity contribution in [2.75, 3.05) is 26.1 Å². The van der Waals surface area contributed by atoms with Crippen molar-refractivity contribution in [3.63, 3.8) is 0 Å². The number of rotatable bonds is 9. The fourth-order valence-corrected chi connectivity index (χ4v) is 2.63. The topological polar surface area (TPSA) is 68.8 Å². The van der Waals surface area contributed by atoms with E-state index in [2.05, 4.69) is 17.6 Å². The molecule has 2 rings (SSSR count). The Bertz CT molecular complexity index is 850. The molecular formula is C22H26N2O4S. The van der Waals surface area contributed by atoms with Gasteiger partial charge in [-0.1, -0.05) is 19.4 Å². The molecule has 0 aliphatic heterocycles. The predicted molar refractivity (Wildman–Crippen MR) is 120 cm³/mol. The molecule has 2 aromatic rings. The van der Waals surface area contributed by atoms with Crippen molar-refractivity contribution >= 4 is 35.0 Å². The molecule has 0 bridgehead atoms. The number of hydrogen-bond acceptors (Lipinski definition) is 5. The second-order valence-electron chi connectivity index (χ2n) is 6.12. The van der Waals surface area contributed by atoms with Crippen LogP contribution in [0, 0.1) is 0 Å². The van der Waals surface area contributed by atoms with E-state index < -0.39 is 0 Å². The lowest BCUT2D eigenvalue weighted by Gasteiger charge is -2.10. The van der Waals surface area contributed by atoms with Gasteiger partial charge in [0.1, 0.15) is 5.75 Å².